The topological polar surface area (TPSA) is 43.1 Å². The van der Waals surface area contributed by atoms with E-state index in [4.69, 9.17) is 5.73 Å². The Labute approximate surface area is 97.2 Å². The number of carbonyl (C=O) groups is 1. The molecular formula is C14H19NO. The summed E-state index contributed by atoms with van der Waals surface area (Å²) in [5, 5.41) is 0. The number of nitrogens with two attached hydrogens (primary N) is 1. The lowest BCUT2D eigenvalue weighted by Crippen LogP contribution is -2.12. The fourth-order valence-corrected chi connectivity index (χ4v) is 1.98. The summed E-state index contributed by atoms with van der Waals surface area (Å²) in [4.78, 5) is 10.9. The van der Waals surface area contributed by atoms with Gasteiger partial charge >= 0.3 is 0 Å². The summed E-state index contributed by atoms with van der Waals surface area (Å²) in [6.45, 7) is 8.38. The van der Waals surface area contributed by atoms with Gasteiger partial charge in [-0.25, -0.2) is 0 Å². The Morgan fingerprint density at radius 1 is 1.44 bits per heavy atom. The normalized spacial score (nSPS) is 14.2. The third-order valence-electron chi connectivity index (χ3n) is 2.85. The van der Waals surface area contributed by atoms with E-state index in [0.29, 0.717) is 6.54 Å². The highest BCUT2D eigenvalue weighted by atomic mass is 16.1. The van der Waals surface area contributed by atoms with Gasteiger partial charge in [-0.2, -0.15) is 0 Å². The first kappa shape index (κ1) is 12.7. The number of carbonyl (C=O) groups excluding carboxylic acids is 1. The van der Waals surface area contributed by atoms with Crippen molar-refractivity contribution in [2.24, 2.45) is 11.7 Å². The summed E-state index contributed by atoms with van der Waals surface area (Å²) in [6.07, 6.45) is 0.982. The second kappa shape index (κ2) is 5.61. The van der Waals surface area contributed by atoms with Crippen molar-refractivity contribution in [3.8, 4) is 0 Å². The lowest BCUT2D eigenvalue weighted by atomic mass is 9.83. The summed E-state index contributed by atoms with van der Waals surface area (Å²) < 4.78 is 0. The zero-order valence-corrected chi connectivity index (χ0v) is 9.94. The third-order valence-corrected chi connectivity index (χ3v) is 2.85. The number of hydrogen-bond acceptors (Lipinski definition) is 2. The molecule has 2 nitrogen and oxygen atoms in total. The highest BCUT2D eigenvalue weighted by molar-refractivity contribution is 5.57. The maximum absolute atomic E-state index is 10.9. The molecule has 0 aliphatic heterocycles. The molecule has 0 amide bonds. The molecule has 2 heteroatoms. The Morgan fingerprint density at radius 3 is 2.38 bits per heavy atom. The molecule has 16 heavy (non-hydrogen) atoms. The van der Waals surface area contributed by atoms with Crippen LogP contribution in [0.3, 0.4) is 0 Å². The van der Waals surface area contributed by atoms with Crippen LogP contribution >= 0.6 is 0 Å². The van der Waals surface area contributed by atoms with Crippen LogP contribution in [-0.4, -0.2) is 6.29 Å². The summed E-state index contributed by atoms with van der Waals surface area (Å²) in [6, 6.07) is 8.06. The fourth-order valence-electron chi connectivity index (χ4n) is 1.98. The zero-order chi connectivity index (χ0) is 12.1. The second-order valence-corrected chi connectivity index (χ2v) is 4.26. The third kappa shape index (κ3) is 2.80. The molecule has 0 aliphatic carbocycles. The van der Waals surface area contributed by atoms with Crippen molar-refractivity contribution in [1.29, 1.82) is 0 Å². The van der Waals surface area contributed by atoms with Crippen molar-refractivity contribution in [2.75, 3.05) is 0 Å². The van der Waals surface area contributed by atoms with Crippen LogP contribution in [0.1, 0.15) is 30.9 Å². The Kier molecular flexibility index (Phi) is 4.44. The lowest BCUT2D eigenvalue weighted by Gasteiger charge is -2.20. The Morgan fingerprint density at radius 2 is 2.00 bits per heavy atom. The van der Waals surface area contributed by atoms with Crippen molar-refractivity contribution in [3.63, 3.8) is 0 Å². The maximum Gasteiger partial charge on any atom is 0.123 e. The van der Waals surface area contributed by atoms with Gasteiger partial charge in [0.05, 0.1) is 0 Å². The molecule has 2 N–H and O–H groups in total. The van der Waals surface area contributed by atoms with Crippen LogP contribution in [0.4, 0.5) is 0 Å². The first-order valence-corrected chi connectivity index (χ1v) is 5.49. The van der Waals surface area contributed by atoms with E-state index in [2.05, 4.69) is 6.58 Å². The molecule has 1 aromatic carbocycles. The predicted octanol–water partition coefficient (Wildman–Crippen LogP) is 2.64. The highest BCUT2D eigenvalue weighted by Crippen LogP contribution is 2.29. The Balaban J connectivity index is 3.01. The Hall–Kier alpha value is -1.41. The van der Waals surface area contributed by atoms with Crippen LogP contribution in [0.15, 0.2) is 36.4 Å². The SMILES string of the molecule is C=C(C)C(c1ccc(CN)cc1)C(C)C=O. The quantitative estimate of drug-likeness (QED) is 0.608. The Bertz CT molecular complexity index is 367. The molecule has 2 unspecified atom stereocenters. The summed E-state index contributed by atoms with van der Waals surface area (Å²) >= 11 is 0. The molecule has 0 bridgehead atoms. The van der Waals surface area contributed by atoms with Crippen molar-refractivity contribution in [3.05, 3.63) is 47.5 Å². The standard InChI is InChI=1S/C14H19NO/c1-10(2)14(11(3)9-16)13-6-4-12(8-15)5-7-13/h4-7,9,11,14H,1,8,15H2,2-3H3. The smallest absolute Gasteiger partial charge is 0.123 e. The number of allylic oxidation sites excluding steroid dienone is 1. The highest BCUT2D eigenvalue weighted by Gasteiger charge is 2.19. The summed E-state index contributed by atoms with van der Waals surface area (Å²) in [7, 11) is 0. The lowest BCUT2D eigenvalue weighted by molar-refractivity contribution is -0.111. The van der Waals surface area contributed by atoms with Crippen LogP contribution in [0.25, 0.3) is 0 Å². The van der Waals surface area contributed by atoms with Gasteiger partial charge in [0.1, 0.15) is 6.29 Å². The van der Waals surface area contributed by atoms with Gasteiger partial charge < -0.3 is 10.5 Å². The van der Waals surface area contributed by atoms with Gasteiger partial charge in [-0.05, 0) is 18.1 Å². The average molecular weight is 217 g/mol. The van der Waals surface area contributed by atoms with Gasteiger partial charge in [-0.15, -0.1) is 0 Å². The van der Waals surface area contributed by atoms with Crippen molar-refractivity contribution in [2.45, 2.75) is 26.3 Å². The minimum absolute atomic E-state index is 0.0405. The number of benzene rings is 1. The average Bonchev–Trinajstić information content (AvgIpc) is 2.29. The van der Waals surface area contributed by atoms with E-state index in [-0.39, 0.29) is 11.8 Å². The second-order valence-electron chi connectivity index (χ2n) is 4.26. The summed E-state index contributed by atoms with van der Waals surface area (Å²) in [5.74, 6) is 0.0607. The van der Waals surface area contributed by atoms with E-state index in [1.807, 2.05) is 38.1 Å². The molecule has 0 heterocycles. The van der Waals surface area contributed by atoms with Crippen LogP contribution in [0.2, 0.25) is 0 Å². The molecule has 2 atom stereocenters. The first-order valence-electron chi connectivity index (χ1n) is 5.49. The predicted molar refractivity (Wildman–Crippen MR) is 67.1 cm³/mol. The molecular weight excluding hydrogens is 198 g/mol. The fraction of sp³-hybridized carbons (Fsp3) is 0.357. The molecule has 0 spiro atoms. The molecule has 0 aliphatic rings. The van der Waals surface area contributed by atoms with Gasteiger partial charge in [0.25, 0.3) is 0 Å². The van der Waals surface area contributed by atoms with Gasteiger partial charge in [0.2, 0.25) is 0 Å². The molecule has 0 saturated heterocycles. The molecule has 0 saturated carbocycles. The van der Waals surface area contributed by atoms with Crippen LogP contribution in [0.5, 0.6) is 0 Å². The number of hydrogen-bond donors (Lipinski definition) is 1. The van der Waals surface area contributed by atoms with E-state index in [9.17, 15) is 4.79 Å². The summed E-state index contributed by atoms with van der Waals surface area (Å²) in [5.41, 5.74) is 8.79. The van der Waals surface area contributed by atoms with Gasteiger partial charge in [-0.1, -0.05) is 43.3 Å². The van der Waals surface area contributed by atoms with Crippen molar-refractivity contribution >= 4 is 6.29 Å². The van der Waals surface area contributed by atoms with Crippen LogP contribution < -0.4 is 5.73 Å². The van der Waals surface area contributed by atoms with E-state index in [1.54, 1.807) is 0 Å². The zero-order valence-electron chi connectivity index (χ0n) is 9.94. The molecule has 0 fully saturated rings. The molecule has 1 rings (SSSR count). The van der Waals surface area contributed by atoms with E-state index in [1.165, 1.54) is 0 Å². The number of aldehydes is 1. The largest absolute Gasteiger partial charge is 0.326 e. The van der Waals surface area contributed by atoms with E-state index < -0.39 is 0 Å². The maximum atomic E-state index is 10.9. The minimum atomic E-state index is -0.0405. The van der Waals surface area contributed by atoms with Crippen molar-refractivity contribution in [1.82, 2.24) is 0 Å². The van der Waals surface area contributed by atoms with Gasteiger partial charge in [-0.3, -0.25) is 0 Å². The van der Waals surface area contributed by atoms with E-state index in [0.717, 1.165) is 23.0 Å². The molecule has 86 valence electrons. The van der Waals surface area contributed by atoms with E-state index >= 15 is 0 Å². The molecule has 1 aromatic rings. The molecule has 0 aromatic heterocycles. The number of rotatable bonds is 5. The monoisotopic (exact) mass is 217 g/mol. The van der Waals surface area contributed by atoms with Gasteiger partial charge in [0.15, 0.2) is 0 Å². The van der Waals surface area contributed by atoms with Crippen LogP contribution in [-0.2, 0) is 11.3 Å². The minimum Gasteiger partial charge on any atom is -0.326 e. The first-order chi connectivity index (χ1) is 7.60. The van der Waals surface area contributed by atoms with Crippen LogP contribution in [0, 0.1) is 5.92 Å². The molecule has 0 radical (unpaired) electrons. The van der Waals surface area contributed by atoms with Gasteiger partial charge in [0, 0.05) is 18.4 Å². The van der Waals surface area contributed by atoms with Crippen molar-refractivity contribution < 1.29 is 4.79 Å².